The van der Waals surface area contributed by atoms with E-state index in [0.29, 0.717) is 13.1 Å². The molecule has 2 amide bonds. The summed E-state index contributed by atoms with van der Waals surface area (Å²) in [5.74, 6) is 0.937. The van der Waals surface area contributed by atoms with Crippen molar-refractivity contribution >= 4 is 23.8 Å². The van der Waals surface area contributed by atoms with E-state index in [9.17, 15) is 9.59 Å². The first-order valence-electron chi connectivity index (χ1n) is 9.77. The van der Waals surface area contributed by atoms with Gasteiger partial charge in [-0.3, -0.25) is 4.79 Å². The van der Waals surface area contributed by atoms with E-state index in [1.54, 1.807) is 11.8 Å². The van der Waals surface area contributed by atoms with Gasteiger partial charge in [0.1, 0.15) is 5.60 Å². The first-order valence-corrected chi connectivity index (χ1v) is 10.8. The Kier molecular flexibility index (Phi) is 8.19. The highest BCUT2D eigenvalue weighted by Gasteiger charge is 2.32. The van der Waals surface area contributed by atoms with Crippen LogP contribution in [0.2, 0.25) is 0 Å². The zero-order chi connectivity index (χ0) is 20.7. The second-order valence-electron chi connectivity index (χ2n) is 8.27. The summed E-state index contributed by atoms with van der Waals surface area (Å²) < 4.78 is 5.32. The molecule has 0 radical (unpaired) electrons. The third-order valence-electron chi connectivity index (χ3n) is 4.54. The third-order valence-corrected chi connectivity index (χ3v) is 5.74. The minimum Gasteiger partial charge on any atom is -0.444 e. The molecule has 1 aromatic rings. The standard InChI is InChI=1S/C21H33N3O3S/c1-16(28-15-17-9-7-6-8-10-17)19(25)24-12-11-23(5)14-18(24)13-22-20(26)27-21(2,3)4/h6-10,16,18H,11-15H2,1-5H3,(H,22,26)/t16-,18-/m0/s1. The zero-order valence-electron chi connectivity index (χ0n) is 17.6. The van der Waals surface area contributed by atoms with Gasteiger partial charge in [0.25, 0.3) is 0 Å². The van der Waals surface area contributed by atoms with E-state index < -0.39 is 11.7 Å². The number of rotatable bonds is 6. The maximum Gasteiger partial charge on any atom is 0.407 e. The van der Waals surface area contributed by atoms with Crippen LogP contribution in [0, 0.1) is 0 Å². The van der Waals surface area contributed by atoms with Crippen molar-refractivity contribution in [3.05, 3.63) is 35.9 Å². The summed E-state index contributed by atoms with van der Waals surface area (Å²) in [6.45, 7) is 10.1. The van der Waals surface area contributed by atoms with Gasteiger partial charge in [0, 0.05) is 31.9 Å². The second kappa shape index (κ2) is 10.2. The molecule has 0 saturated carbocycles. The molecule has 1 saturated heterocycles. The van der Waals surface area contributed by atoms with Crippen molar-refractivity contribution in [2.45, 2.75) is 50.3 Å². The van der Waals surface area contributed by atoms with Crippen LogP contribution in [0.25, 0.3) is 0 Å². The number of ether oxygens (including phenoxy) is 1. The molecule has 2 atom stereocenters. The normalized spacial score (nSPS) is 19.2. The number of piperazine rings is 1. The molecule has 1 fully saturated rings. The molecule has 1 aromatic carbocycles. The van der Waals surface area contributed by atoms with E-state index in [-0.39, 0.29) is 17.2 Å². The highest BCUT2D eigenvalue weighted by atomic mass is 32.2. The smallest absolute Gasteiger partial charge is 0.407 e. The van der Waals surface area contributed by atoms with Gasteiger partial charge in [-0.25, -0.2) is 4.79 Å². The van der Waals surface area contributed by atoms with Crippen LogP contribution in [0.4, 0.5) is 4.79 Å². The van der Waals surface area contributed by atoms with Crippen molar-refractivity contribution in [2.24, 2.45) is 0 Å². The Hall–Kier alpha value is -1.73. The quantitative estimate of drug-likeness (QED) is 0.786. The molecule has 2 rings (SSSR count). The topological polar surface area (TPSA) is 61.9 Å². The Balaban J connectivity index is 1.91. The molecule has 1 N–H and O–H groups in total. The average Bonchev–Trinajstić information content (AvgIpc) is 2.63. The Morgan fingerprint density at radius 1 is 1.25 bits per heavy atom. The molecule has 28 heavy (non-hydrogen) atoms. The van der Waals surface area contributed by atoms with Gasteiger partial charge < -0.3 is 19.9 Å². The van der Waals surface area contributed by atoms with Crippen molar-refractivity contribution < 1.29 is 14.3 Å². The van der Waals surface area contributed by atoms with Gasteiger partial charge >= 0.3 is 6.09 Å². The summed E-state index contributed by atoms with van der Waals surface area (Å²) in [5, 5.41) is 2.69. The van der Waals surface area contributed by atoms with Crippen LogP contribution in [0.1, 0.15) is 33.3 Å². The van der Waals surface area contributed by atoms with Gasteiger partial charge in [0.2, 0.25) is 5.91 Å². The summed E-state index contributed by atoms with van der Waals surface area (Å²) >= 11 is 1.65. The largest absolute Gasteiger partial charge is 0.444 e. The van der Waals surface area contributed by atoms with E-state index in [1.807, 2.05) is 57.8 Å². The number of hydrogen-bond donors (Lipinski definition) is 1. The van der Waals surface area contributed by atoms with E-state index in [4.69, 9.17) is 4.74 Å². The minimum atomic E-state index is -0.536. The molecule has 0 bridgehead atoms. The minimum absolute atomic E-state index is 0.0569. The summed E-state index contributed by atoms with van der Waals surface area (Å²) in [4.78, 5) is 29.2. The molecule has 1 aliphatic heterocycles. The number of hydrogen-bond acceptors (Lipinski definition) is 5. The predicted molar refractivity (Wildman–Crippen MR) is 114 cm³/mol. The van der Waals surface area contributed by atoms with E-state index in [0.717, 1.165) is 18.8 Å². The average molecular weight is 408 g/mol. The number of benzene rings is 1. The molecule has 0 spiro atoms. The molecule has 0 unspecified atom stereocenters. The molecule has 1 aliphatic rings. The first kappa shape index (κ1) is 22.6. The van der Waals surface area contributed by atoms with Crippen molar-refractivity contribution in [1.82, 2.24) is 15.1 Å². The molecule has 0 aromatic heterocycles. The predicted octanol–water partition coefficient (Wildman–Crippen LogP) is 2.98. The van der Waals surface area contributed by atoms with Crippen molar-refractivity contribution in [1.29, 1.82) is 0 Å². The molecular formula is C21H33N3O3S. The molecule has 6 nitrogen and oxygen atoms in total. The number of alkyl carbamates (subject to hydrolysis) is 1. The van der Waals surface area contributed by atoms with Crippen LogP contribution in [0.5, 0.6) is 0 Å². The number of carbonyl (C=O) groups excluding carboxylic acids is 2. The van der Waals surface area contributed by atoms with Gasteiger partial charge in [0.15, 0.2) is 0 Å². The number of thioether (sulfide) groups is 1. The van der Waals surface area contributed by atoms with Crippen molar-refractivity contribution in [3.8, 4) is 0 Å². The van der Waals surface area contributed by atoms with Crippen LogP contribution < -0.4 is 5.32 Å². The maximum absolute atomic E-state index is 13.1. The first-order chi connectivity index (χ1) is 13.2. The summed E-state index contributed by atoms with van der Waals surface area (Å²) in [6, 6.07) is 10.1. The lowest BCUT2D eigenvalue weighted by molar-refractivity contribution is -0.134. The molecular weight excluding hydrogens is 374 g/mol. The Morgan fingerprint density at radius 3 is 2.57 bits per heavy atom. The summed E-state index contributed by atoms with van der Waals surface area (Å²) in [7, 11) is 2.04. The Morgan fingerprint density at radius 2 is 1.93 bits per heavy atom. The number of nitrogens with zero attached hydrogens (tertiary/aromatic N) is 2. The molecule has 1 heterocycles. The number of likely N-dealkylation sites (N-methyl/N-ethyl adjacent to an activating group) is 1. The number of carbonyl (C=O) groups is 2. The van der Waals surface area contributed by atoms with Gasteiger partial charge in [-0.1, -0.05) is 30.3 Å². The fourth-order valence-corrected chi connectivity index (χ4v) is 4.00. The van der Waals surface area contributed by atoms with Crippen LogP contribution >= 0.6 is 11.8 Å². The van der Waals surface area contributed by atoms with Gasteiger partial charge in [-0.2, -0.15) is 0 Å². The van der Waals surface area contributed by atoms with Crippen LogP contribution in [-0.4, -0.2) is 71.9 Å². The van der Waals surface area contributed by atoms with Crippen LogP contribution in [0.15, 0.2) is 30.3 Å². The second-order valence-corrected chi connectivity index (χ2v) is 9.60. The van der Waals surface area contributed by atoms with Crippen molar-refractivity contribution in [2.75, 3.05) is 33.2 Å². The van der Waals surface area contributed by atoms with Gasteiger partial charge in [0.05, 0.1) is 11.3 Å². The van der Waals surface area contributed by atoms with E-state index in [2.05, 4.69) is 22.3 Å². The van der Waals surface area contributed by atoms with Gasteiger partial charge in [-0.15, -0.1) is 11.8 Å². The highest BCUT2D eigenvalue weighted by molar-refractivity contribution is 7.99. The third kappa shape index (κ3) is 7.36. The maximum atomic E-state index is 13.1. The SMILES string of the molecule is C[C@H](SCc1ccccc1)C(=O)N1CCN(C)C[C@@H]1CNC(=O)OC(C)(C)C. The monoisotopic (exact) mass is 407 g/mol. The van der Waals surface area contributed by atoms with E-state index in [1.165, 1.54) is 5.56 Å². The lowest BCUT2D eigenvalue weighted by atomic mass is 10.1. The van der Waals surface area contributed by atoms with Crippen molar-refractivity contribution in [3.63, 3.8) is 0 Å². The van der Waals surface area contributed by atoms with Crippen LogP contribution in [-0.2, 0) is 15.3 Å². The summed E-state index contributed by atoms with van der Waals surface area (Å²) in [5.41, 5.74) is 0.680. The zero-order valence-corrected chi connectivity index (χ0v) is 18.4. The molecule has 156 valence electrons. The highest BCUT2D eigenvalue weighted by Crippen LogP contribution is 2.21. The Bertz CT molecular complexity index is 648. The number of nitrogens with one attached hydrogen (secondary N) is 1. The summed E-state index contributed by atoms with van der Waals surface area (Å²) in [6.07, 6.45) is -0.445. The molecule has 7 heteroatoms. The van der Waals surface area contributed by atoms with E-state index >= 15 is 0 Å². The fourth-order valence-electron chi connectivity index (χ4n) is 3.09. The van der Waals surface area contributed by atoms with Crippen LogP contribution in [0.3, 0.4) is 0 Å². The molecule has 0 aliphatic carbocycles. The lowest BCUT2D eigenvalue weighted by Gasteiger charge is -2.41. The Labute approximate surface area is 173 Å². The fraction of sp³-hybridized carbons (Fsp3) is 0.619. The number of amides is 2. The lowest BCUT2D eigenvalue weighted by Crippen LogP contribution is -2.59. The van der Waals surface area contributed by atoms with Gasteiger partial charge in [-0.05, 0) is 40.3 Å².